The van der Waals surface area contributed by atoms with Crippen molar-refractivity contribution in [3.63, 3.8) is 0 Å². The molecule has 3 aromatic rings. The fraction of sp³-hybridized carbons (Fsp3) is 0.0588. The van der Waals surface area contributed by atoms with Crippen molar-refractivity contribution >= 4 is 22.5 Å². The molecule has 1 aromatic heterocycles. The molecule has 0 aliphatic rings. The number of ether oxygens (including phenoxy) is 1. The minimum Gasteiger partial charge on any atom is -0.497 e. The van der Waals surface area contributed by atoms with Gasteiger partial charge >= 0.3 is 0 Å². The van der Waals surface area contributed by atoms with E-state index in [-0.39, 0.29) is 5.91 Å². The number of carbonyl (C=O) groups is 1. The zero-order chi connectivity index (χ0) is 14.7. The summed E-state index contributed by atoms with van der Waals surface area (Å²) in [6.45, 7) is 0. The summed E-state index contributed by atoms with van der Waals surface area (Å²) < 4.78 is 5.14. The maximum Gasteiger partial charge on any atom is 0.255 e. The van der Waals surface area contributed by atoms with Gasteiger partial charge in [-0.25, -0.2) is 0 Å². The first kappa shape index (κ1) is 13.1. The van der Waals surface area contributed by atoms with Gasteiger partial charge in [0.2, 0.25) is 0 Å². The molecular weight excluding hydrogens is 264 g/mol. The Bertz CT molecular complexity index is 794. The summed E-state index contributed by atoms with van der Waals surface area (Å²) in [4.78, 5) is 16.6. The molecule has 104 valence electrons. The topological polar surface area (TPSA) is 51.2 Å². The molecule has 3 rings (SSSR count). The average molecular weight is 278 g/mol. The number of anilines is 1. The lowest BCUT2D eigenvalue weighted by atomic mass is 10.1. The summed E-state index contributed by atoms with van der Waals surface area (Å²) in [6.07, 6.45) is 1.73. The first-order valence-corrected chi connectivity index (χ1v) is 6.57. The Balaban J connectivity index is 1.93. The van der Waals surface area contributed by atoms with Crippen LogP contribution in [0, 0.1) is 0 Å². The Morgan fingerprint density at radius 2 is 1.95 bits per heavy atom. The van der Waals surface area contributed by atoms with Crippen LogP contribution < -0.4 is 10.1 Å². The van der Waals surface area contributed by atoms with E-state index in [1.807, 2.05) is 30.3 Å². The van der Waals surface area contributed by atoms with Crippen molar-refractivity contribution in [1.82, 2.24) is 4.98 Å². The highest BCUT2D eigenvalue weighted by atomic mass is 16.5. The lowest BCUT2D eigenvalue weighted by molar-refractivity contribution is 0.102. The zero-order valence-electron chi connectivity index (χ0n) is 11.5. The number of nitrogens with one attached hydrogen (secondary N) is 1. The molecule has 0 fully saturated rings. The summed E-state index contributed by atoms with van der Waals surface area (Å²) in [5, 5.41) is 3.83. The number of amides is 1. The molecule has 0 atom stereocenters. The fourth-order valence-electron chi connectivity index (χ4n) is 2.17. The van der Waals surface area contributed by atoms with Gasteiger partial charge in [-0.15, -0.1) is 0 Å². The SMILES string of the molecule is COc1cccc(C(=O)Nc2cccc3ncccc23)c1. The van der Waals surface area contributed by atoms with Crippen molar-refractivity contribution in [1.29, 1.82) is 0 Å². The van der Waals surface area contributed by atoms with Crippen LogP contribution >= 0.6 is 0 Å². The first-order valence-electron chi connectivity index (χ1n) is 6.57. The van der Waals surface area contributed by atoms with E-state index in [4.69, 9.17) is 4.74 Å². The van der Waals surface area contributed by atoms with Crippen LogP contribution in [0.15, 0.2) is 60.8 Å². The number of fused-ring (bicyclic) bond motifs is 1. The molecular formula is C17H14N2O2. The second kappa shape index (κ2) is 5.63. The number of hydrogen-bond acceptors (Lipinski definition) is 3. The van der Waals surface area contributed by atoms with Crippen LogP contribution in [-0.4, -0.2) is 18.0 Å². The highest BCUT2D eigenvalue weighted by molar-refractivity contribution is 6.08. The fourth-order valence-corrected chi connectivity index (χ4v) is 2.17. The molecule has 0 saturated heterocycles. The Labute approximate surface area is 122 Å². The predicted molar refractivity (Wildman–Crippen MR) is 82.7 cm³/mol. The highest BCUT2D eigenvalue weighted by Crippen LogP contribution is 2.22. The third-order valence-corrected chi connectivity index (χ3v) is 3.23. The molecule has 0 saturated carbocycles. The number of nitrogens with zero attached hydrogens (tertiary/aromatic N) is 1. The Morgan fingerprint density at radius 3 is 2.81 bits per heavy atom. The van der Waals surface area contributed by atoms with E-state index in [0.717, 1.165) is 16.6 Å². The zero-order valence-corrected chi connectivity index (χ0v) is 11.5. The summed E-state index contributed by atoms with van der Waals surface area (Å²) in [5.74, 6) is 0.479. The lowest BCUT2D eigenvalue weighted by Crippen LogP contribution is -2.12. The minimum atomic E-state index is -0.176. The van der Waals surface area contributed by atoms with Gasteiger partial charge in [-0.3, -0.25) is 9.78 Å². The molecule has 1 N–H and O–H groups in total. The van der Waals surface area contributed by atoms with Crippen molar-refractivity contribution in [2.45, 2.75) is 0 Å². The smallest absolute Gasteiger partial charge is 0.255 e. The number of aromatic nitrogens is 1. The van der Waals surface area contributed by atoms with Gasteiger partial charge < -0.3 is 10.1 Å². The van der Waals surface area contributed by atoms with Crippen LogP contribution in [0.5, 0.6) is 5.75 Å². The molecule has 0 unspecified atom stereocenters. The molecule has 4 heteroatoms. The van der Waals surface area contributed by atoms with Gasteiger partial charge in [0.25, 0.3) is 5.91 Å². The first-order chi connectivity index (χ1) is 10.3. The van der Waals surface area contributed by atoms with E-state index < -0.39 is 0 Å². The number of methoxy groups -OCH3 is 1. The number of pyridine rings is 1. The lowest BCUT2D eigenvalue weighted by Gasteiger charge is -2.09. The predicted octanol–water partition coefficient (Wildman–Crippen LogP) is 3.50. The molecule has 1 heterocycles. The van der Waals surface area contributed by atoms with E-state index in [2.05, 4.69) is 10.3 Å². The average Bonchev–Trinajstić information content (AvgIpc) is 2.55. The Kier molecular flexibility index (Phi) is 3.51. The van der Waals surface area contributed by atoms with Crippen LogP contribution in [0.3, 0.4) is 0 Å². The van der Waals surface area contributed by atoms with Crippen molar-refractivity contribution in [2.75, 3.05) is 12.4 Å². The molecule has 0 aliphatic carbocycles. The third-order valence-electron chi connectivity index (χ3n) is 3.23. The summed E-state index contributed by atoms with van der Waals surface area (Å²) in [7, 11) is 1.58. The maximum absolute atomic E-state index is 12.3. The van der Waals surface area contributed by atoms with E-state index in [1.54, 1.807) is 37.6 Å². The second-order valence-corrected chi connectivity index (χ2v) is 4.56. The molecule has 4 nitrogen and oxygen atoms in total. The van der Waals surface area contributed by atoms with Crippen molar-refractivity contribution < 1.29 is 9.53 Å². The number of rotatable bonds is 3. The molecule has 0 aliphatic heterocycles. The summed E-state index contributed by atoms with van der Waals surface area (Å²) >= 11 is 0. The van der Waals surface area contributed by atoms with Crippen LogP contribution in [0.25, 0.3) is 10.9 Å². The Morgan fingerprint density at radius 1 is 1.10 bits per heavy atom. The largest absolute Gasteiger partial charge is 0.497 e. The standard InChI is InChI=1S/C17H14N2O2/c1-21-13-6-2-5-12(11-13)17(20)19-16-9-3-8-15-14(16)7-4-10-18-15/h2-11H,1H3,(H,19,20). The number of benzene rings is 2. The van der Waals surface area contributed by atoms with Gasteiger partial charge in [-0.05, 0) is 42.5 Å². The quantitative estimate of drug-likeness (QED) is 0.797. The summed E-state index contributed by atoms with van der Waals surface area (Å²) in [6, 6.07) is 16.5. The van der Waals surface area contributed by atoms with Crippen LogP contribution in [0.2, 0.25) is 0 Å². The monoisotopic (exact) mass is 278 g/mol. The van der Waals surface area contributed by atoms with Gasteiger partial charge in [0.05, 0.1) is 18.3 Å². The molecule has 0 spiro atoms. The van der Waals surface area contributed by atoms with Crippen molar-refractivity contribution in [2.24, 2.45) is 0 Å². The van der Waals surface area contributed by atoms with Gasteiger partial charge in [-0.2, -0.15) is 0 Å². The van der Waals surface area contributed by atoms with Gasteiger partial charge in [0.15, 0.2) is 0 Å². The van der Waals surface area contributed by atoms with Crippen LogP contribution in [-0.2, 0) is 0 Å². The van der Waals surface area contributed by atoms with Gasteiger partial charge in [0, 0.05) is 17.1 Å². The highest BCUT2D eigenvalue weighted by Gasteiger charge is 2.09. The van der Waals surface area contributed by atoms with E-state index in [1.165, 1.54) is 0 Å². The molecule has 1 amide bonds. The third kappa shape index (κ3) is 2.69. The van der Waals surface area contributed by atoms with E-state index in [9.17, 15) is 4.79 Å². The minimum absolute atomic E-state index is 0.176. The van der Waals surface area contributed by atoms with E-state index >= 15 is 0 Å². The second-order valence-electron chi connectivity index (χ2n) is 4.56. The number of carbonyl (C=O) groups excluding carboxylic acids is 1. The maximum atomic E-state index is 12.3. The number of hydrogen-bond donors (Lipinski definition) is 1. The van der Waals surface area contributed by atoms with Crippen LogP contribution in [0.1, 0.15) is 10.4 Å². The van der Waals surface area contributed by atoms with Crippen LogP contribution in [0.4, 0.5) is 5.69 Å². The van der Waals surface area contributed by atoms with Crippen molar-refractivity contribution in [3.8, 4) is 5.75 Å². The molecule has 0 radical (unpaired) electrons. The summed E-state index contributed by atoms with van der Waals surface area (Å²) in [5.41, 5.74) is 2.14. The van der Waals surface area contributed by atoms with E-state index in [0.29, 0.717) is 11.3 Å². The van der Waals surface area contributed by atoms with Crippen molar-refractivity contribution in [3.05, 3.63) is 66.4 Å². The Hall–Kier alpha value is -2.88. The molecule has 21 heavy (non-hydrogen) atoms. The van der Waals surface area contributed by atoms with Gasteiger partial charge in [-0.1, -0.05) is 12.1 Å². The molecule has 2 aromatic carbocycles. The molecule has 0 bridgehead atoms. The normalized spacial score (nSPS) is 10.3. The van der Waals surface area contributed by atoms with Gasteiger partial charge in [0.1, 0.15) is 5.75 Å².